The van der Waals surface area contributed by atoms with Gasteiger partial charge < -0.3 is 9.84 Å². The van der Waals surface area contributed by atoms with Crippen LogP contribution in [0.25, 0.3) is 0 Å². The van der Waals surface area contributed by atoms with E-state index in [0.717, 1.165) is 46.1 Å². The topological polar surface area (TPSA) is 62.3 Å². The van der Waals surface area contributed by atoms with Crippen LogP contribution in [0.4, 0.5) is 0 Å². The first kappa shape index (κ1) is 14.1. The van der Waals surface area contributed by atoms with Crippen LogP contribution in [0.15, 0.2) is 53.3 Å². The number of hydrogen-bond donors (Lipinski definition) is 2. The number of aromatic nitrogens is 1. The van der Waals surface area contributed by atoms with Gasteiger partial charge in [0.1, 0.15) is 11.5 Å². The van der Waals surface area contributed by atoms with E-state index < -0.39 is 0 Å². The van der Waals surface area contributed by atoms with Gasteiger partial charge in [-0.3, -0.25) is 9.78 Å². The molecule has 1 aliphatic rings. The molecule has 1 atom stereocenters. The summed E-state index contributed by atoms with van der Waals surface area (Å²) in [4.78, 5) is 14.4. The highest BCUT2D eigenvalue weighted by atomic mass is 32.1. The minimum atomic E-state index is -0.213. The van der Waals surface area contributed by atoms with E-state index in [0.29, 0.717) is 0 Å². The number of nitrogens with one attached hydrogen (secondary N) is 1. The lowest BCUT2D eigenvalue weighted by atomic mass is 10.00. The normalized spacial score (nSPS) is 16.3. The number of rotatable bonds is 3. The SMILES string of the molecule is O=c1[nH]c(O)c([C@@H]2CCc3cc(Oc4ccccc4)ccc32)s1. The summed E-state index contributed by atoms with van der Waals surface area (Å²) < 4.78 is 5.87. The van der Waals surface area contributed by atoms with Crippen LogP contribution in [-0.4, -0.2) is 10.1 Å². The Balaban J connectivity index is 1.64. The third-order valence-electron chi connectivity index (χ3n) is 4.14. The number of fused-ring (bicyclic) bond motifs is 1. The van der Waals surface area contributed by atoms with Crippen LogP contribution in [0.1, 0.15) is 28.3 Å². The molecule has 0 bridgehead atoms. The van der Waals surface area contributed by atoms with Crippen molar-refractivity contribution in [3.63, 3.8) is 0 Å². The lowest BCUT2D eigenvalue weighted by Crippen LogP contribution is -1.94. The number of aryl methyl sites for hydroxylation is 1. The number of benzene rings is 2. The molecule has 0 aliphatic heterocycles. The van der Waals surface area contributed by atoms with E-state index in [1.54, 1.807) is 0 Å². The molecule has 2 N–H and O–H groups in total. The zero-order valence-electron chi connectivity index (χ0n) is 12.3. The molecule has 0 saturated heterocycles. The zero-order chi connectivity index (χ0) is 15.8. The highest BCUT2D eigenvalue weighted by Crippen LogP contribution is 2.43. The molecule has 0 amide bonds. The Morgan fingerprint density at radius 1 is 1.13 bits per heavy atom. The molecule has 1 aromatic heterocycles. The summed E-state index contributed by atoms with van der Waals surface area (Å²) in [6.45, 7) is 0. The van der Waals surface area contributed by atoms with Gasteiger partial charge in [-0.2, -0.15) is 0 Å². The highest BCUT2D eigenvalue weighted by molar-refractivity contribution is 7.09. The van der Waals surface area contributed by atoms with E-state index in [-0.39, 0.29) is 16.7 Å². The number of H-pyrrole nitrogens is 1. The summed E-state index contributed by atoms with van der Waals surface area (Å²) >= 11 is 1.09. The summed E-state index contributed by atoms with van der Waals surface area (Å²) in [5.41, 5.74) is 2.37. The molecule has 0 radical (unpaired) electrons. The Bertz CT molecular complexity index is 898. The number of aromatic amines is 1. The zero-order valence-corrected chi connectivity index (χ0v) is 13.1. The first-order valence-corrected chi connectivity index (χ1v) is 8.30. The second-order valence-corrected chi connectivity index (χ2v) is 6.61. The highest BCUT2D eigenvalue weighted by Gasteiger charge is 2.28. The molecule has 116 valence electrons. The fraction of sp³-hybridized carbons (Fsp3) is 0.167. The maximum Gasteiger partial charge on any atom is 0.307 e. The Kier molecular flexibility index (Phi) is 3.42. The fourth-order valence-corrected chi connectivity index (χ4v) is 4.00. The molecular weight excluding hydrogens is 310 g/mol. The van der Waals surface area contributed by atoms with Gasteiger partial charge in [0.2, 0.25) is 5.88 Å². The van der Waals surface area contributed by atoms with Crippen molar-refractivity contribution in [2.75, 3.05) is 0 Å². The van der Waals surface area contributed by atoms with Crippen molar-refractivity contribution in [1.29, 1.82) is 0 Å². The number of thiazole rings is 1. The van der Waals surface area contributed by atoms with E-state index in [9.17, 15) is 9.90 Å². The Labute approximate surface area is 137 Å². The van der Waals surface area contributed by atoms with Crippen molar-refractivity contribution in [1.82, 2.24) is 4.98 Å². The number of hydrogen-bond acceptors (Lipinski definition) is 4. The Hall–Kier alpha value is -2.53. The van der Waals surface area contributed by atoms with Crippen molar-refractivity contribution >= 4 is 11.3 Å². The van der Waals surface area contributed by atoms with E-state index in [2.05, 4.69) is 11.1 Å². The molecule has 0 saturated carbocycles. The van der Waals surface area contributed by atoms with Gasteiger partial charge in [0.15, 0.2) is 0 Å². The maximum atomic E-state index is 11.4. The van der Waals surface area contributed by atoms with E-state index in [4.69, 9.17) is 4.74 Å². The molecule has 1 aliphatic carbocycles. The second-order valence-electron chi connectivity index (χ2n) is 5.59. The lowest BCUT2D eigenvalue weighted by molar-refractivity contribution is 0.447. The van der Waals surface area contributed by atoms with Gasteiger partial charge in [-0.25, -0.2) is 0 Å². The predicted molar refractivity (Wildman–Crippen MR) is 89.7 cm³/mol. The largest absolute Gasteiger partial charge is 0.494 e. The van der Waals surface area contributed by atoms with Gasteiger partial charge in [0, 0.05) is 5.92 Å². The molecular formula is C18H15NO3S. The first-order chi connectivity index (χ1) is 11.2. The first-order valence-electron chi connectivity index (χ1n) is 7.48. The van der Waals surface area contributed by atoms with Crippen LogP contribution in [0.5, 0.6) is 17.4 Å². The van der Waals surface area contributed by atoms with Gasteiger partial charge >= 0.3 is 4.87 Å². The number of para-hydroxylation sites is 1. The monoisotopic (exact) mass is 325 g/mol. The molecule has 2 aromatic carbocycles. The minimum absolute atomic E-state index is 0.00228. The van der Waals surface area contributed by atoms with Crippen molar-refractivity contribution in [2.45, 2.75) is 18.8 Å². The van der Waals surface area contributed by atoms with Crippen LogP contribution < -0.4 is 9.61 Å². The van der Waals surface area contributed by atoms with Crippen LogP contribution in [0, 0.1) is 0 Å². The standard InChI is InChI=1S/C18H15NO3S/c20-17-16(23-18(21)19-17)15-8-6-11-10-13(7-9-14(11)15)22-12-4-2-1-3-5-12/h1-5,7,9-10,15,20H,6,8H2,(H,19,21)/t15-/m1/s1. The molecule has 0 unspecified atom stereocenters. The van der Waals surface area contributed by atoms with Gasteiger partial charge in [-0.1, -0.05) is 35.6 Å². The van der Waals surface area contributed by atoms with Crippen molar-refractivity contribution < 1.29 is 9.84 Å². The third-order valence-corrected chi connectivity index (χ3v) is 5.13. The van der Waals surface area contributed by atoms with Gasteiger partial charge in [0.25, 0.3) is 0 Å². The van der Waals surface area contributed by atoms with Gasteiger partial charge in [0.05, 0.1) is 4.88 Å². The van der Waals surface area contributed by atoms with Crippen molar-refractivity contribution in [3.8, 4) is 17.4 Å². The maximum absolute atomic E-state index is 11.4. The second kappa shape index (κ2) is 5.59. The number of ether oxygens (including phenoxy) is 1. The molecule has 0 spiro atoms. The molecule has 1 heterocycles. The van der Waals surface area contributed by atoms with Crippen LogP contribution in [-0.2, 0) is 6.42 Å². The van der Waals surface area contributed by atoms with Crippen molar-refractivity contribution in [3.05, 3.63) is 74.2 Å². The van der Waals surface area contributed by atoms with Crippen LogP contribution in [0.2, 0.25) is 0 Å². The molecule has 23 heavy (non-hydrogen) atoms. The summed E-state index contributed by atoms with van der Waals surface area (Å²) in [5.74, 6) is 1.70. The molecule has 3 aromatic rings. The smallest absolute Gasteiger partial charge is 0.307 e. The van der Waals surface area contributed by atoms with Crippen LogP contribution in [0.3, 0.4) is 0 Å². The predicted octanol–water partition coefficient (Wildman–Crippen LogP) is 4.01. The third kappa shape index (κ3) is 2.64. The van der Waals surface area contributed by atoms with Crippen molar-refractivity contribution in [2.24, 2.45) is 0 Å². The Morgan fingerprint density at radius 2 is 1.96 bits per heavy atom. The molecule has 4 rings (SSSR count). The van der Waals surface area contributed by atoms with E-state index >= 15 is 0 Å². The van der Waals surface area contributed by atoms with Gasteiger partial charge in [-0.15, -0.1) is 0 Å². The van der Waals surface area contributed by atoms with Gasteiger partial charge in [-0.05, 0) is 48.2 Å². The Morgan fingerprint density at radius 3 is 2.70 bits per heavy atom. The summed E-state index contributed by atoms with van der Waals surface area (Å²) in [6, 6.07) is 15.7. The molecule has 5 heteroatoms. The molecule has 0 fully saturated rings. The summed E-state index contributed by atoms with van der Waals surface area (Å²) in [6.07, 6.45) is 1.81. The average Bonchev–Trinajstić information content (AvgIpc) is 3.10. The molecule has 4 nitrogen and oxygen atoms in total. The summed E-state index contributed by atoms with van der Waals surface area (Å²) in [7, 11) is 0. The average molecular weight is 325 g/mol. The van der Waals surface area contributed by atoms with E-state index in [1.807, 2.05) is 42.5 Å². The summed E-state index contributed by atoms with van der Waals surface area (Å²) in [5, 5.41) is 9.90. The quantitative estimate of drug-likeness (QED) is 0.765. The number of aromatic hydroxyl groups is 1. The minimum Gasteiger partial charge on any atom is -0.494 e. The van der Waals surface area contributed by atoms with E-state index in [1.165, 1.54) is 5.56 Å². The van der Waals surface area contributed by atoms with Crippen LogP contribution >= 0.6 is 11.3 Å². The fourth-order valence-electron chi connectivity index (χ4n) is 3.12. The lowest BCUT2D eigenvalue weighted by Gasteiger charge is -2.11.